The molecule has 2 aromatic rings. The Labute approximate surface area is 136 Å². The van der Waals surface area contributed by atoms with E-state index >= 15 is 0 Å². The predicted molar refractivity (Wildman–Crippen MR) is 84.0 cm³/mol. The maximum atomic E-state index is 9.97. The Morgan fingerprint density at radius 3 is 2.87 bits per heavy atom. The second-order valence-corrected chi connectivity index (χ2v) is 6.77. The van der Waals surface area contributed by atoms with Gasteiger partial charge in [-0.3, -0.25) is 4.90 Å². The number of hydrogen-bond acceptors (Lipinski definition) is 6. The summed E-state index contributed by atoms with van der Waals surface area (Å²) < 4.78 is 20.0. The summed E-state index contributed by atoms with van der Waals surface area (Å²) in [7, 11) is 2.05. The number of aromatic amines is 1. The monoisotopic (exact) mass is 319 g/mol. The van der Waals surface area contributed by atoms with Crippen LogP contribution in [0.25, 0.3) is 11.0 Å². The number of rotatable bonds is 2. The Bertz CT molecular complexity index is 793. The first-order valence-corrected chi connectivity index (χ1v) is 7.94. The van der Waals surface area contributed by atoms with Gasteiger partial charge in [-0.05, 0) is 27.3 Å². The van der Waals surface area contributed by atoms with Crippen molar-refractivity contribution in [1.29, 1.82) is 0 Å². The normalized spacial score (nSPS) is 34.0. The standard InChI is InChI=1S/C16H22N4O3/c1-5-9-13-14(23-16(2,3)22-13)12(20(9)4)8-6-17-11-10(8)18-7-19-15(11)21/h6-7,9,12-14,17H,5H2,1-4H3,(H,18,19,21)/i7D. The molecular formula is C16H22N4O3. The lowest BCUT2D eigenvalue weighted by atomic mass is 10.0. The van der Waals surface area contributed by atoms with Gasteiger partial charge in [-0.25, -0.2) is 9.97 Å². The van der Waals surface area contributed by atoms with Crippen molar-refractivity contribution < 1.29 is 16.0 Å². The Balaban J connectivity index is 1.83. The van der Waals surface area contributed by atoms with E-state index in [-0.39, 0.29) is 36.5 Å². The van der Waals surface area contributed by atoms with Crippen molar-refractivity contribution in [3.05, 3.63) is 18.1 Å². The average Bonchev–Trinajstić information content (AvgIpc) is 3.08. The number of H-pyrrole nitrogens is 1. The van der Waals surface area contributed by atoms with Crippen LogP contribution in [-0.4, -0.2) is 56.0 Å². The van der Waals surface area contributed by atoms with Gasteiger partial charge in [-0.2, -0.15) is 0 Å². The van der Waals surface area contributed by atoms with E-state index in [1.807, 2.05) is 20.0 Å². The number of likely N-dealkylation sites (N-methyl/N-ethyl adjacent to an activating group) is 1. The first kappa shape index (κ1) is 13.7. The molecule has 0 aliphatic carbocycles. The maximum absolute atomic E-state index is 9.97. The minimum atomic E-state index is -0.619. The largest absolute Gasteiger partial charge is 0.492 e. The molecular weight excluding hydrogens is 296 g/mol. The molecule has 4 rings (SSSR count). The van der Waals surface area contributed by atoms with Crippen LogP contribution in [0.1, 0.15) is 40.2 Å². The van der Waals surface area contributed by atoms with Crippen molar-refractivity contribution in [2.45, 2.75) is 57.3 Å². The second-order valence-electron chi connectivity index (χ2n) is 6.77. The minimum absolute atomic E-state index is 0.0177. The summed E-state index contributed by atoms with van der Waals surface area (Å²) in [6.07, 6.45) is 2.42. The van der Waals surface area contributed by atoms with Gasteiger partial charge in [0, 0.05) is 17.8 Å². The highest BCUT2D eigenvalue weighted by atomic mass is 16.8. The van der Waals surface area contributed by atoms with E-state index in [9.17, 15) is 5.11 Å². The zero-order valence-corrected chi connectivity index (χ0v) is 13.7. The van der Waals surface area contributed by atoms with Gasteiger partial charge in [-0.15, -0.1) is 0 Å². The molecule has 7 heteroatoms. The van der Waals surface area contributed by atoms with Gasteiger partial charge in [-0.1, -0.05) is 6.92 Å². The van der Waals surface area contributed by atoms with E-state index in [2.05, 4.69) is 33.8 Å². The van der Waals surface area contributed by atoms with Crippen LogP contribution >= 0.6 is 0 Å². The molecule has 2 aliphatic rings. The van der Waals surface area contributed by atoms with Gasteiger partial charge < -0.3 is 19.6 Å². The molecule has 2 aliphatic heterocycles. The van der Waals surface area contributed by atoms with Crippen LogP contribution in [0.2, 0.25) is 0 Å². The lowest BCUT2D eigenvalue weighted by Gasteiger charge is -2.30. The van der Waals surface area contributed by atoms with Crippen molar-refractivity contribution in [1.82, 2.24) is 19.9 Å². The minimum Gasteiger partial charge on any atom is -0.492 e. The number of nitrogens with one attached hydrogen (secondary N) is 1. The Hall–Kier alpha value is -1.70. The highest BCUT2D eigenvalue weighted by Gasteiger charge is 2.56. The SMILES string of the molecule is [2H]c1nc(O)c2[nH]cc(C3C4OC(C)(C)OC4C(CC)N3C)c2n1. The fourth-order valence-electron chi connectivity index (χ4n) is 4.07. The number of nitrogens with zero attached hydrogens (tertiary/aromatic N) is 3. The van der Waals surface area contributed by atoms with Gasteiger partial charge in [0.05, 0.1) is 6.04 Å². The highest BCUT2D eigenvalue weighted by Crippen LogP contribution is 2.48. The molecule has 0 aromatic carbocycles. The summed E-state index contributed by atoms with van der Waals surface area (Å²) in [6, 6.07) is 0.168. The fraction of sp³-hybridized carbons (Fsp3) is 0.625. The fourth-order valence-corrected chi connectivity index (χ4v) is 4.07. The third-order valence-corrected chi connectivity index (χ3v) is 4.98. The lowest BCUT2D eigenvalue weighted by molar-refractivity contribution is -0.166. The van der Waals surface area contributed by atoms with Crippen LogP contribution < -0.4 is 0 Å². The van der Waals surface area contributed by atoms with Crippen molar-refractivity contribution >= 4 is 11.0 Å². The number of aromatic hydroxyl groups is 1. The summed E-state index contributed by atoms with van der Waals surface area (Å²) in [4.78, 5) is 13.2. The first-order chi connectivity index (χ1) is 11.3. The Morgan fingerprint density at radius 2 is 2.13 bits per heavy atom. The van der Waals surface area contributed by atoms with Crippen molar-refractivity contribution in [3.63, 3.8) is 0 Å². The lowest BCUT2D eigenvalue weighted by Crippen LogP contribution is -2.36. The third kappa shape index (κ3) is 2.07. The topological polar surface area (TPSA) is 83.5 Å². The van der Waals surface area contributed by atoms with Crippen LogP contribution in [-0.2, 0) is 9.47 Å². The van der Waals surface area contributed by atoms with Crippen LogP contribution in [0.4, 0.5) is 0 Å². The molecule has 2 N–H and O–H groups in total. The summed E-state index contributed by atoms with van der Waals surface area (Å²) >= 11 is 0. The van der Waals surface area contributed by atoms with Crippen molar-refractivity contribution in [2.24, 2.45) is 0 Å². The summed E-state index contributed by atoms with van der Waals surface area (Å²) in [5, 5.41) is 9.97. The van der Waals surface area contributed by atoms with Crippen LogP contribution in [0.15, 0.2) is 12.5 Å². The smallest absolute Gasteiger partial charge is 0.239 e. The van der Waals surface area contributed by atoms with Crippen molar-refractivity contribution in [2.75, 3.05) is 7.05 Å². The van der Waals surface area contributed by atoms with Crippen LogP contribution in [0.3, 0.4) is 0 Å². The van der Waals surface area contributed by atoms with Crippen LogP contribution in [0, 0.1) is 0 Å². The quantitative estimate of drug-likeness (QED) is 0.880. The molecule has 4 atom stereocenters. The molecule has 23 heavy (non-hydrogen) atoms. The van der Waals surface area contributed by atoms with Gasteiger partial charge >= 0.3 is 0 Å². The molecule has 0 radical (unpaired) electrons. The van der Waals surface area contributed by atoms with E-state index < -0.39 is 5.79 Å². The van der Waals surface area contributed by atoms with Gasteiger partial charge in [0.15, 0.2) is 5.79 Å². The number of likely N-dealkylation sites (tertiary alicyclic amines) is 1. The Morgan fingerprint density at radius 1 is 1.39 bits per heavy atom. The zero-order valence-electron chi connectivity index (χ0n) is 14.7. The molecule has 0 spiro atoms. The van der Waals surface area contributed by atoms with Crippen molar-refractivity contribution in [3.8, 4) is 5.88 Å². The molecule has 124 valence electrons. The first-order valence-electron chi connectivity index (χ1n) is 8.44. The number of aromatic nitrogens is 3. The van der Waals surface area contributed by atoms with Gasteiger partial charge in [0.2, 0.25) is 5.88 Å². The van der Waals surface area contributed by atoms with E-state index in [1.54, 1.807) is 0 Å². The average molecular weight is 319 g/mol. The molecule has 0 saturated carbocycles. The molecule has 4 heterocycles. The molecule has 0 bridgehead atoms. The molecule has 7 nitrogen and oxygen atoms in total. The van der Waals surface area contributed by atoms with Crippen LogP contribution in [0.5, 0.6) is 5.88 Å². The number of hydrogen-bond donors (Lipinski definition) is 2. The zero-order chi connectivity index (χ0) is 17.2. The summed E-state index contributed by atoms with van der Waals surface area (Å²) in [6.45, 7) is 6.00. The summed E-state index contributed by atoms with van der Waals surface area (Å²) in [5.74, 6) is -0.823. The summed E-state index contributed by atoms with van der Waals surface area (Å²) in [5.41, 5.74) is 1.91. The third-order valence-electron chi connectivity index (χ3n) is 4.98. The predicted octanol–water partition coefficient (Wildman–Crippen LogP) is 1.95. The Kier molecular flexibility index (Phi) is 2.92. The van der Waals surface area contributed by atoms with Gasteiger partial charge in [0.25, 0.3) is 0 Å². The van der Waals surface area contributed by atoms with E-state index in [0.29, 0.717) is 11.0 Å². The number of ether oxygens (including phenoxy) is 2. The highest BCUT2D eigenvalue weighted by molar-refractivity contribution is 5.83. The molecule has 2 saturated heterocycles. The number of fused-ring (bicyclic) bond motifs is 2. The second kappa shape index (κ2) is 4.90. The molecule has 2 fully saturated rings. The molecule has 2 aromatic heterocycles. The molecule has 4 unspecified atom stereocenters. The van der Waals surface area contributed by atoms with Gasteiger partial charge in [0.1, 0.15) is 30.9 Å². The van der Waals surface area contributed by atoms with E-state index in [4.69, 9.17) is 10.8 Å². The molecule has 0 amide bonds. The van der Waals surface area contributed by atoms with E-state index in [0.717, 1.165) is 12.0 Å². The van der Waals surface area contributed by atoms with E-state index in [1.165, 1.54) is 0 Å². The maximum Gasteiger partial charge on any atom is 0.239 e.